The maximum absolute atomic E-state index is 12.5. The van der Waals surface area contributed by atoms with E-state index >= 15 is 0 Å². The predicted molar refractivity (Wildman–Crippen MR) is 85.4 cm³/mol. The Morgan fingerprint density at radius 3 is 2.48 bits per heavy atom. The van der Waals surface area contributed by atoms with E-state index in [1.165, 1.54) is 0 Å². The van der Waals surface area contributed by atoms with Gasteiger partial charge in [0.1, 0.15) is 5.69 Å². The third kappa shape index (κ3) is 3.41. The molecule has 6 nitrogen and oxygen atoms in total. The van der Waals surface area contributed by atoms with Gasteiger partial charge in [-0.2, -0.15) is 5.10 Å². The number of amides is 1. The van der Waals surface area contributed by atoms with Crippen LogP contribution in [0.2, 0.25) is 0 Å². The maximum Gasteiger partial charge on any atom is 0.306 e. The van der Waals surface area contributed by atoms with Crippen LogP contribution in [-0.4, -0.2) is 32.8 Å². The van der Waals surface area contributed by atoms with Crippen LogP contribution in [-0.2, 0) is 10.3 Å². The van der Waals surface area contributed by atoms with Crippen molar-refractivity contribution in [3.63, 3.8) is 0 Å². The van der Waals surface area contributed by atoms with Crippen LogP contribution in [0, 0.1) is 5.92 Å². The van der Waals surface area contributed by atoms with Gasteiger partial charge in [-0.05, 0) is 58.9 Å². The van der Waals surface area contributed by atoms with Crippen LogP contribution in [0.1, 0.15) is 75.0 Å². The molecule has 23 heavy (non-hydrogen) atoms. The second-order valence-corrected chi connectivity index (χ2v) is 7.83. The number of hydrogen-bond acceptors (Lipinski definition) is 3. The number of rotatable bonds is 4. The summed E-state index contributed by atoms with van der Waals surface area (Å²) in [5.41, 5.74) is 1.43. The van der Waals surface area contributed by atoms with Crippen molar-refractivity contribution in [3.8, 4) is 0 Å². The summed E-state index contributed by atoms with van der Waals surface area (Å²) in [6.45, 7) is 6.26. The molecule has 1 aromatic heterocycles. The molecule has 2 aliphatic carbocycles. The highest BCUT2D eigenvalue weighted by Crippen LogP contribution is 2.41. The first kappa shape index (κ1) is 16.0. The van der Waals surface area contributed by atoms with Crippen molar-refractivity contribution in [2.45, 2.75) is 70.4 Å². The van der Waals surface area contributed by atoms with Gasteiger partial charge in [0.05, 0.1) is 11.5 Å². The lowest BCUT2D eigenvalue weighted by atomic mass is 10.1. The third-order valence-corrected chi connectivity index (χ3v) is 4.72. The zero-order valence-electron chi connectivity index (χ0n) is 14.0. The molecule has 2 atom stereocenters. The first-order chi connectivity index (χ1) is 10.8. The van der Waals surface area contributed by atoms with E-state index in [1.54, 1.807) is 0 Å². The van der Waals surface area contributed by atoms with Gasteiger partial charge >= 0.3 is 5.97 Å². The average molecular weight is 319 g/mol. The Bertz CT molecular complexity index is 626. The van der Waals surface area contributed by atoms with Gasteiger partial charge in [-0.1, -0.05) is 0 Å². The molecule has 2 aliphatic rings. The van der Waals surface area contributed by atoms with E-state index in [9.17, 15) is 9.59 Å². The summed E-state index contributed by atoms with van der Waals surface area (Å²) < 4.78 is 1.97. The summed E-state index contributed by atoms with van der Waals surface area (Å²) in [7, 11) is 0. The fourth-order valence-electron chi connectivity index (χ4n) is 3.31. The molecule has 2 N–H and O–H groups in total. The van der Waals surface area contributed by atoms with Crippen LogP contribution in [0.25, 0.3) is 0 Å². The molecule has 6 heteroatoms. The number of nitrogens with zero attached hydrogens (tertiary/aromatic N) is 2. The number of carboxylic acid groups (broad SMARTS) is 1. The Labute approximate surface area is 136 Å². The SMILES string of the molecule is CC(C)(C)n1nc(C(=O)NC2CCC(C(=O)O)C2)cc1C1CC1. The molecule has 0 aromatic carbocycles. The number of hydrogen-bond donors (Lipinski definition) is 2. The fourth-order valence-corrected chi connectivity index (χ4v) is 3.31. The van der Waals surface area contributed by atoms with E-state index in [2.05, 4.69) is 31.2 Å². The van der Waals surface area contributed by atoms with Crippen molar-refractivity contribution in [2.75, 3.05) is 0 Å². The lowest BCUT2D eigenvalue weighted by molar-refractivity contribution is -0.141. The van der Waals surface area contributed by atoms with E-state index in [0.717, 1.165) is 25.0 Å². The van der Waals surface area contributed by atoms with Crippen LogP contribution >= 0.6 is 0 Å². The topological polar surface area (TPSA) is 84.2 Å². The quantitative estimate of drug-likeness (QED) is 0.893. The van der Waals surface area contributed by atoms with Crippen molar-refractivity contribution in [1.29, 1.82) is 0 Å². The number of carbonyl (C=O) groups excluding carboxylic acids is 1. The van der Waals surface area contributed by atoms with Gasteiger partial charge in [-0.3, -0.25) is 14.3 Å². The smallest absolute Gasteiger partial charge is 0.306 e. The van der Waals surface area contributed by atoms with Crippen molar-refractivity contribution >= 4 is 11.9 Å². The van der Waals surface area contributed by atoms with Gasteiger partial charge in [-0.15, -0.1) is 0 Å². The Kier molecular flexibility index (Phi) is 3.94. The minimum absolute atomic E-state index is 0.0623. The largest absolute Gasteiger partial charge is 0.481 e. The summed E-state index contributed by atoms with van der Waals surface area (Å²) >= 11 is 0. The van der Waals surface area contributed by atoms with E-state index in [4.69, 9.17) is 5.11 Å². The molecule has 0 aliphatic heterocycles. The van der Waals surface area contributed by atoms with Crippen LogP contribution in [0.4, 0.5) is 0 Å². The molecule has 1 aromatic rings. The van der Waals surface area contributed by atoms with Crippen molar-refractivity contribution in [2.24, 2.45) is 5.92 Å². The second kappa shape index (κ2) is 5.65. The Balaban J connectivity index is 1.72. The van der Waals surface area contributed by atoms with E-state index in [-0.39, 0.29) is 23.4 Å². The minimum atomic E-state index is -0.769. The molecule has 1 amide bonds. The average Bonchev–Trinajstić information content (AvgIpc) is 3.01. The molecule has 0 spiro atoms. The number of aliphatic carboxylic acids is 1. The summed E-state index contributed by atoms with van der Waals surface area (Å²) in [6.07, 6.45) is 4.18. The van der Waals surface area contributed by atoms with Crippen LogP contribution in [0.5, 0.6) is 0 Å². The van der Waals surface area contributed by atoms with Gasteiger partial charge in [-0.25, -0.2) is 0 Å². The van der Waals surface area contributed by atoms with Crippen LogP contribution in [0.3, 0.4) is 0 Å². The highest BCUT2D eigenvalue weighted by Gasteiger charge is 2.34. The predicted octanol–water partition coefficient (Wildman–Crippen LogP) is 2.50. The first-order valence-corrected chi connectivity index (χ1v) is 8.40. The van der Waals surface area contributed by atoms with Crippen molar-refractivity contribution in [1.82, 2.24) is 15.1 Å². The second-order valence-electron chi connectivity index (χ2n) is 7.83. The Hall–Kier alpha value is -1.85. The van der Waals surface area contributed by atoms with Crippen LogP contribution < -0.4 is 5.32 Å². The fraction of sp³-hybridized carbons (Fsp3) is 0.706. The molecule has 0 radical (unpaired) electrons. The van der Waals surface area contributed by atoms with E-state index in [1.807, 2.05) is 10.7 Å². The molecule has 3 rings (SSSR count). The van der Waals surface area contributed by atoms with Gasteiger partial charge < -0.3 is 10.4 Å². The van der Waals surface area contributed by atoms with E-state index < -0.39 is 5.97 Å². The van der Waals surface area contributed by atoms with Gasteiger partial charge in [0, 0.05) is 17.7 Å². The van der Waals surface area contributed by atoms with Crippen molar-refractivity contribution < 1.29 is 14.7 Å². The summed E-state index contributed by atoms with van der Waals surface area (Å²) in [5.74, 6) is -0.777. The lowest BCUT2D eigenvalue weighted by Crippen LogP contribution is -2.34. The molecule has 1 heterocycles. The zero-order valence-corrected chi connectivity index (χ0v) is 14.0. The molecule has 2 saturated carbocycles. The Morgan fingerprint density at radius 2 is 1.96 bits per heavy atom. The molecular formula is C17H25N3O3. The Morgan fingerprint density at radius 1 is 1.26 bits per heavy atom. The summed E-state index contributed by atoms with van der Waals surface area (Å²) in [5, 5.41) is 16.5. The standard InChI is InChI=1S/C17H25N3O3/c1-17(2,3)20-14(10-4-5-10)9-13(19-20)15(21)18-12-7-6-11(8-12)16(22)23/h9-12H,4-8H2,1-3H3,(H,18,21)(H,22,23). The molecule has 0 saturated heterocycles. The number of carbonyl (C=O) groups is 2. The molecular weight excluding hydrogens is 294 g/mol. The third-order valence-electron chi connectivity index (χ3n) is 4.72. The lowest BCUT2D eigenvalue weighted by Gasteiger charge is -2.22. The van der Waals surface area contributed by atoms with Crippen molar-refractivity contribution in [3.05, 3.63) is 17.5 Å². The van der Waals surface area contributed by atoms with Gasteiger partial charge in [0.2, 0.25) is 0 Å². The molecule has 2 unspecified atom stereocenters. The maximum atomic E-state index is 12.5. The molecule has 2 fully saturated rings. The van der Waals surface area contributed by atoms with Gasteiger partial charge in [0.15, 0.2) is 0 Å². The van der Waals surface area contributed by atoms with Crippen LogP contribution in [0.15, 0.2) is 6.07 Å². The summed E-state index contributed by atoms with van der Waals surface area (Å²) in [4.78, 5) is 23.5. The normalized spacial score (nSPS) is 24.7. The van der Waals surface area contributed by atoms with E-state index in [0.29, 0.717) is 24.5 Å². The highest BCUT2D eigenvalue weighted by molar-refractivity contribution is 5.92. The first-order valence-electron chi connectivity index (χ1n) is 8.40. The number of nitrogens with one attached hydrogen (secondary N) is 1. The van der Waals surface area contributed by atoms with Gasteiger partial charge in [0.25, 0.3) is 5.91 Å². The zero-order chi connectivity index (χ0) is 16.8. The summed E-state index contributed by atoms with van der Waals surface area (Å²) in [6, 6.07) is 1.84. The monoisotopic (exact) mass is 319 g/mol. The number of aromatic nitrogens is 2. The molecule has 0 bridgehead atoms. The number of carboxylic acids is 1. The highest BCUT2D eigenvalue weighted by atomic mass is 16.4. The molecule has 126 valence electrons. The minimum Gasteiger partial charge on any atom is -0.481 e.